The molecule has 0 bridgehead atoms. The zero-order chi connectivity index (χ0) is 22.3. The van der Waals surface area contributed by atoms with Gasteiger partial charge in [-0.1, -0.05) is 42.8 Å². The first kappa shape index (κ1) is 22.5. The highest BCUT2D eigenvalue weighted by atomic mass is 32.1. The van der Waals surface area contributed by atoms with Gasteiger partial charge in [0.05, 0.1) is 12.6 Å². The Hall–Kier alpha value is -2.67. The van der Waals surface area contributed by atoms with E-state index in [1.165, 1.54) is 21.7 Å². The van der Waals surface area contributed by atoms with Gasteiger partial charge in [-0.3, -0.25) is 10.1 Å². The summed E-state index contributed by atoms with van der Waals surface area (Å²) in [4.78, 5) is 18.7. The van der Waals surface area contributed by atoms with Crippen LogP contribution in [0.5, 0.6) is 0 Å². The number of piperazine rings is 1. The largest absolute Gasteiger partial charge is 0.369 e. The number of nitrogens with zero attached hydrogens (tertiary/aromatic N) is 2. The van der Waals surface area contributed by atoms with E-state index in [1.807, 2.05) is 18.2 Å². The topological polar surface area (TPSA) is 47.6 Å². The molecule has 3 aromatic rings. The lowest BCUT2D eigenvalue weighted by Crippen LogP contribution is -2.46. The fourth-order valence-electron chi connectivity index (χ4n) is 4.07. The van der Waals surface area contributed by atoms with Gasteiger partial charge in [-0.05, 0) is 54.7 Å². The van der Waals surface area contributed by atoms with Gasteiger partial charge in [0.1, 0.15) is 0 Å². The predicted molar refractivity (Wildman–Crippen MR) is 135 cm³/mol. The van der Waals surface area contributed by atoms with Crippen molar-refractivity contribution in [3.8, 4) is 0 Å². The molecule has 1 fully saturated rings. The van der Waals surface area contributed by atoms with Crippen LogP contribution in [0.1, 0.15) is 29.0 Å². The van der Waals surface area contributed by atoms with Gasteiger partial charge in [-0.15, -0.1) is 11.3 Å². The van der Waals surface area contributed by atoms with E-state index < -0.39 is 0 Å². The number of aryl methyl sites for hydroxylation is 1. The lowest BCUT2D eigenvalue weighted by molar-refractivity contribution is -0.115. The number of amides is 1. The number of anilines is 2. The number of rotatable bonds is 8. The number of carbonyl (C=O) groups is 1. The van der Waals surface area contributed by atoms with E-state index in [2.05, 4.69) is 82.1 Å². The van der Waals surface area contributed by atoms with Gasteiger partial charge in [0, 0.05) is 42.4 Å². The molecule has 1 amide bonds. The fraction of sp³-hybridized carbons (Fsp3) is 0.346. The molecule has 2 N–H and O–H groups in total. The van der Waals surface area contributed by atoms with Crippen molar-refractivity contribution >= 4 is 28.6 Å². The number of nitrogens with one attached hydrogen (secondary N) is 2. The Morgan fingerprint density at radius 1 is 1.00 bits per heavy atom. The van der Waals surface area contributed by atoms with E-state index >= 15 is 0 Å². The van der Waals surface area contributed by atoms with Gasteiger partial charge in [-0.2, -0.15) is 0 Å². The molecule has 4 rings (SSSR count). The summed E-state index contributed by atoms with van der Waals surface area (Å²) in [5, 5.41) is 8.53. The van der Waals surface area contributed by atoms with Crippen LogP contribution in [0, 0.1) is 6.92 Å². The highest BCUT2D eigenvalue weighted by Crippen LogP contribution is 2.26. The molecular weight excluding hydrogens is 416 g/mol. The van der Waals surface area contributed by atoms with Crippen molar-refractivity contribution in [2.75, 3.05) is 49.5 Å². The highest BCUT2D eigenvalue weighted by molar-refractivity contribution is 7.10. The Morgan fingerprint density at radius 3 is 2.34 bits per heavy atom. The molecule has 5 nitrogen and oxygen atoms in total. The minimum absolute atomic E-state index is 0.00511. The van der Waals surface area contributed by atoms with Crippen LogP contribution in [0.25, 0.3) is 0 Å². The van der Waals surface area contributed by atoms with Crippen LogP contribution in [-0.4, -0.2) is 50.1 Å². The quantitative estimate of drug-likeness (QED) is 0.532. The summed E-state index contributed by atoms with van der Waals surface area (Å²) in [5.41, 5.74) is 4.44. The number of benzene rings is 2. The van der Waals surface area contributed by atoms with Crippen LogP contribution >= 0.6 is 11.3 Å². The summed E-state index contributed by atoms with van der Waals surface area (Å²) in [6.45, 7) is 9.97. The Labute approximate surface area is 195 Å². The van der Waals surface area contributed by atoms with Gasteiger partial charge in [0.15, 0.2) is 0 Å². The molecule has 1 aliphatic rings. The first-order valence-corrected chi connectivity index (χ1v) is 12.2. The first-order chi connectivity index (χ1) is 15.6. The zero-order valence-corrected chi connectivity index (χ0v) is 19.7. The minimum atomic E-state index is -0.0389. The Kier molecular flexibility index (Phi) is 7.58. The van der Waals surface area contributed by atoms with Gasteiger partial charge in [0.2, 0.25) is 5.91 Å². The molecule has 168 valence electrons. The van der Waals surface area contributed by atoms with E-state index in [1.54, 1.807) is 11.3 Å². The molecule has 1 saturated heterocycles. The molecular formula is C26H32N4OS. The minimum Gasteiger partial charge on any atom is -0.369 e. The molecule has 0 radical (unpaired) electrons. The monoisotopic (exact) mass is 448 g/mol. The Bertz CT molecular complexity index is 978. The fourth-order valence-corrected chi connectivity index (χ4v) is 4.90. The molecule has 0 spiro atoms. The summed E-state index contributed by atoms with van der Waals surface area (Å²) >= 11 is 1.70. The zero-order valence-electron chi connectivity index (χ0n) is 18.9. The number of hydrogen-bond acceptors (Lipinski definition) is 5. The number of likely N-dealkylation sites (N-methyl/N-ethyl adjacent to an activating group) is 1. The molecule has 0 aliphatic carbocycles. The lowest BCUT2D eigenvalue weighted by atomic mass is 10.0. The molecule has 32 heavy (non-hydrogen) atoms. The maximum atomic E-state index is 12.6. The average molecular weight is 449 g/mol. The van der Waals surface area contributed by atoms with E-state index in [0.29, 0.717) is 0 Å². The van der Waals surface area contributed by atoms with Gasteiger partial charge in [-0.25, -0.2) is 0 Å². The van der Waals surface area contributed by atoms with Gasteiger partial charge in [0.25, 0.3) is 0 Å². The third-order valence-electron chi connectivity index (χ3n) is 6.04. The Balaban J connectivity index is 1.33. The van der Waals surface area contributed by atoms with Crippen molar-refractivity contribution in [1.82, 2.24) is 10.2 Å². The lowest BCUT2D eigenvalue weighted by Gasteiger charge is -2.35. The van der Waals surface area contributed by atoms with Gasteiger partial charge < -0.3 is 15.1 Å². The van der Waals surface area contributed by atoms with Crippen molar-refractivity contribution in [2.45, 2.75) is 19.9 Å². The molecule has 2 aromatic carbocycles. The molecule has 1 unspecified atom stereocenters. The second-order valence-corrected chi connectivity index (χ2v) is 9.24. The summed E-state index contributed by atoms with van der Waals surface area (Å²) in [6.07, 6.45) is 0. The van der Waals surface area contributed by atoms with Crippen molar-refractivity contribution < 1.29 is 4.79 Å². The smallest absolute Gasteiger partial charge is 0.238 e. The SMILES string of the molecule is CCN1CCN(c2ccc(NC(=O)CNC(c3ccc(C)cc3)c3cccs3)cc2)CC1. The maximum absolute atomic E-state index is 12.6. The third-order valence-corrected chi connectivity index (χ3v) is 6.98. The van der Waals surface area contributed by atoms with Gasteiger partial charge >= 0.3 is 0 Å². The van der Waals surface area contributed by atoms with Crippen molar-refractivity contribution in [3.05, 3.63) is 82.0 Å². The molecule has 1 aliphatic heterocycles. The van der Waals surface area contributed by atoms with Crippen LogP contribution in [-0.2, 0) is 4.79 Å². The van der Waals surface area contributed by atoms with Crippen molar-refractivity contribution in [1.29, 1.82) is 0 Å². The average Bonchev–Trinajstić information content (AvgIpc) is 3.36. The van der Waals surface area contributed by atoms with E-state index in [9.17, 15) is 4.79 Å². The highest BCUT2D eigenvalue weighted by Gasteiger charge is 2.17. The second-order valence-electron chi connectivity index (χ2n) is 8.26. The maximum Gasteiger partial charge on any atom is 0.238 e. The van der Waals surface area contributed by atoms with Crippen LogP contribution in [0.15, 0.2) is 66.0 Å². The standard InChI is InChI=1S/C26H32N4OS/c1-3-29-14-16-30(17-15-29)23-12-10-22(11-13-23)28-25(31)19-27-26(24-5-4-18-32-24)21-8-6-20(2)7-9-21/h4-13,18,26-27H,3,14-17,19H2,1-2H3,(H,28,31). The number of thiophene rings is 1. The van der Waals surface area contributed by atoms with Crippen LogP contribution in [0.3, 0.4) is 0 Å². The van der Waals surface area contributed by atoms with Crippen molar-refractivity contribution in [2.24, 2.45) is 0 Å². The summed E-state index contributed by atoms with van der Waals surface area (Å²) in [7, 11) is 0. The molecule has 6 heteroatoms. The van der Waals surface area contributed by atoms with E-state index in [4.69, 9.17) is 0 Å². The molecule has 1 atom stereocenters. The molecule has 2 heterocycles. The Morgan fingerprint density at radius 2 is 1.72 bits per heavy atom. The van der Waals surface area contributed by atoms with E-state index in [0.717, 1.165) is 38.4 Å². The van der Waals surface area contributed by atoms with Crippen LogP contribution < -0.4 is 15.5 Å². The van der Waals surface area contributed by atoms with Crippen LogP contribution in [0.4, 0.5) is 11.4 Å². The van der Waals surface area contributed by atoms with E-state index in [-0.39, 0.29) is 18.5 Å². The summed E-state index contributed by atoms with van der Waals surface area (Å²) in [5.74, 6) is -0.0389. The number of hydrogen-bond donors (Lipinski definition) is 2. The number of carbonyl (C=O) groups excluding carboxylic acids is 1. The predicted octanol–water partition coefficient (Wildman–Crippen LogP) is 4.52. The van der Waals surface area contributed by atoms with Crippen molar-refractivity contribution in [3.63, 3.8) is 0 Å². The third kappa shape index (κ3) is 5.76. The first-order valence-electron chi connectivity index (χ1n) is 11.3. The van der Waals surface area contributed by atoms with Crippen LogP contribution in [0.2, 0.25) is 0 Å². The summed E-state index contributed by atoms with van der Waals surface area (Å²) < 4.78 is 0. The molecule has 0 saturated carbocycles. The second kappa shape index (κ2) is 10.8. The molecule has 1 aromatic heterocycles. The normalized spacial score (nSPS) is 15.5. The summed E-state index contributed by atoms with van der Waals surface area (Å²) in [6, 6.07) is 20.8.